The molecule has 2 aliphatic rings. The molecule has 0 aromatic heterocycles. The van der Waals surface area contributed by atoms with Crippen molar-refractivity contribution in [3.8, 4) is 5.75 Å². The van der Waals surface area contributed by atoms with Crippen LogP contribution in [0.25, 0.3) is 0 Å². The van der Waals surface area contributed by atoms with Crippen LogP contribution in [-0.2, 0) is 9.59 Å². The Bertz CT molecular complexity index is 768. The summed E-state index contributed by atoms with van der Waals surface area (Å²) < 4.78 is 5.00. The van der Waals surface area contributed by atoms with Crippen LogP contribution in [0.15, 0.2) is 30.5 Å². The van der Waals surface area contributed by atoms with Crippen molar-refractivity contribution < 1.29 is 23.9 Å². The lowest BCUT2D eigenvalue weighted by Crippen LogP contribution is -2.51. The van der Waals surface area contributed by atoms with E-state index in [1.807, 2.05) is 0 Å². The van der Waals surface area contributed by atoms with E-state index >= 15 is 0 Å². The second-order valence-corrected chi connectivity index (χ2v) is 5.40. The molecule has 2 aliphatic heterocycles. The second-order valence-electron chi connectivity index (χ2n) is 5.40. The first-order valence-corrected chi connectivity index (χ1v) is 7.08. The number of piperidine rings is 1. The molecule has 1 aromatic rings. The molecule has 0 spiro atoms. The van der Waals surface area contributed by atoms with E-state index in [0.29, 0.717) is 18.5 Å². The normalized spacial score (nSPS) is 20.4. The van der Waals surface area contributed by atoms with Gasteiger partial charge in [0.25, 0.3) is 11.8 Å². The zero-order valence-electron chi connectivity index (χ0n) is 12.4. The molecule has 1 atom stereocenters. The SMILES string of the molecule is C=C1CCC(N2C(=O)c3cccc(OC(C)=O)c3C2=O)C(=O)N1. The fourth-order valence-electron chi connectivity index (χ4n) is 2.80. The topological polar surface area (TPSA) is 92.8 Å². The summed E-state index contributed by atoms with van der Waals surface area (Å²) in [4.78, 5) is 49.4. The first-order valence-electron chi connectivity index (χ1n) is 7.08. The number of allylic oxidation sites excluding steroid dienone is 1. The summed E-state index contributed by atoms with van der Waals surface area (Å²) in [5.74, 6) is -2.20. The van der Waals surface area contributed by atoms with Gasteiger partial charge in [-0.25, -0.2) is 0 Å². The molecule has 23 heavy (non-hydrogen) atoms. The largest absolute Gasteiger partial charge is 0.426 e. The first-order chi connectivity index (χ1) is 10.9. The average Bonchev–Trinajstić information content (AvgIpc) is 2.72. The second kappa shape index (κ2) is 5.35. The highest BCUT2D eigenvalue weighted by atomic mass is 16.5. The maximum Gasteiger partial charge on any atom is 0.308 e. The number of ether oxygens (including phenoxy) is 1. The van der Waals surface area contributed by atoms with Gasteiger partial charge in [-0.1, -0.05) is 12.6 Å². The minimum atomic E-state index is -0.891. The molecule has 3 rings (SSSR count). The van der Waals surface area contributed by atoms with Crippen LogP contribution in [0.4, 0.5) is 0 Å². The van der Waals surface area contributed by atoms with Gasteiger partial charge in [0.2, 0.25) is 5.91 Å². The van der Waals surface area contributed by atoms with Crippen LogP contribution in [0.3, 0.4) is 0 Å². The monoisotopic (exact) mass is 314 g/mol. The summed E-state index contributed by atoms with van der Waals surface area (Å²) in [5, 5.41) is 2.56. The van der Waals surface area contributed by atoms with Gasteiger partial charge in [-0.2, -0.15) is 0 Å². The lowest BCUT2D eigenvalue weighted by molar-refractivity contribution is -0.132. The van der Waals surface area contributed by atoms with Gasteiger partial charge in [0.05, 0.1) is 11.1 Å². The lowest BCUT2D eigenvalue weighted by Gasteiger charge is -2.29. The summed E-state index contributed by atoms with van der Waals surface area (Å²) in [5.41, 5.74) is 0.708. The Hall–Kier alpha value is -2.96. The fourth-order valence-corrected chi connectivity index (χ4v) is 2.80. The summed E-state index contributed by atoms with van der Waals surface area (Å²) in [7, 11) is 0. The van der Waals surface area contributed by atoms with Gasteiger partial charge in [0, 0.05) is 12.6 Å². The molecular weight excluding hydrogens is 300 g/mol. The van der Waals surface area contributed by atoms with E-state index in [1.165, 1.54) is 25.1 Å². The van der Waals surface area contributed by atoms with E-state index in [0.717, 1.165) is 4.90 Å². The predicted molar refractivity (Wildman–Crippen MR) is 78.6 cm³/mol. The maximum absolute atomic E-state index is 12.6. The van der Waals surface area contributed by atoms with Crippen molar-refractivity contribution >= 4 is 23.7 Å². The molecule has 118 valence electrons. The van der Waals surface area contributed by atoms with Crippen LogP contribution in [0, 0.1) is 0 Å². The molecule has 1 saturated heterocycles. The molecule has 0 bridgehead atoms. The molecule has 1 unspecified atom stereocenters. The average molecular weight is 314 g/mol. The summed E-state index contributed by atoms with van der Waals surface area (Å²) in [6.45, 7) is 4.88. The molecule has 7 heteroatoms. The van der Waals surface area contributed by atoms with Gasteiger partial charge in [-0.15, -0.1) is 0 Å². The van der Waals surface area contributed by atoms with Crippen molar-refractivity contribution in [1.29, 1.82) is 0 Å². The Morgan fingerprint density at radius 3 is 2.70 bits per heavy atom. The first kappa shape index (κ1) is 15.0. The van der Waals surface area contributed by atoms with Gasteiger partial charge in [-0.05, 0) is 25.0 Å². The van der Waals surface area contributed by atoms with Crippen molar-refractivity contribution in [2.75, 3.05) is 0 Å². The number of nitrogens with zero attached hydrogens (tertiary/aromatic N) is 1. The Balaban J connectivity index is 1.99. The highest BCUT2D eigenvalue weighted by molar-refractivity contribution is 6.24. The number of hydrogen-bond donors (Lipinski definition) is 1. The number of carbonyl (C=O) groups is 4. The van der Waals surface area contributed by atoms with Crippen LogP contribution >= 0.6 is 0 Å². The third-order valence-corrected chi connectivity index (χ3v) is 3.80. The molecule has 0 aliphatic carbocycles. The molecule has 1 N–H and O–H groups in total. The van der Waals surface area contributed by atoms with E-state index in [4.69, 9.17) is 4.74 Å². The standard InChI is InChI=1S/C16H14N2O5/c1-8-6-7-11(14(20)17-8)18-15(21)10-4-3-5-12(23-9(2)19)13(10)16(18)22/h3-5,11H,1,6-7H2,2H3,(H,17,20). The minimum Gasteiger partial charge on any atom is -0.426 e. The maximum atomic E-state index is 12.6. The summed E-state index contributed by atoms with van der Waals surface area (Å²) in [6.07, 6.45) is 0.805. The smallest absolute Gasteiger partial charge is 0.308 e. The van der Waals surface area contributed by atoms with Gasteiger partial charge < -0.3 is 10.1 Å². The number of esters is 1. The highest BCUT2D eigenvalue weighted by Gasteiger charge is 2.45. The number of hydrogen-bond acceptors (Lipinski definition) is 5. The highest BCUT2D eigenvalue weighted by Crippen LogP contribution is 2.33. The molecule has 1 aromatic carbocycles. The molecule has 0 radical (unpaired) electrons. The molecule has 0 saturated carbocycles. The number of rotatable bonds is 2. The van der Waals surface area contributed by atoms with E-state index < -0.39 is 29.7 Å². The third kappa shape index (κ3) is 2.40. The van der Waals surface area contributed by atoms with E-state index in [1.54, 1.807) is 0 Å². The molecule has 2 heterocycles. The Labute approximate surface area is 131 Å². The summed E-state index contributed by atoms with van der Waals surface area (Å²) in [6, 6.07) is 3.55. The predicted octanol–water partition coefficient (Wildman–Crippen LogP) is 1.00. The zero-order valence-corrected chi connectivity index (χ0v) is 12.4. The third-order valence-electron chi connectivity index (χ3n) is 3.80. The Kier molecular flexibility index (Phi) is 3.48. The van der Waals surface area contributed by atoms with Crippen molar-refractivity contribution in [2.24, 2.45) is 0 Å². The molecular formula is C16H14N2O5. The van der Waals surface area contributed by atoms with Gasteiger partial charge in [0.1, 0.15) is 11.8 Å². The van der Waals surface area contributed by atoms with Crippen molar-refractivity contribution in [1.82, 2.24) is 10.2 Å². The number of carbonyl (C=O) groups excluding carboxylic acids is 4. The van der Waals surface area contributed by atoms with Crippen LogP contribution in [0.1, 0.15) is 40.5 Å². The van der Waals surface area contributed by atoms with E-state index in [9.17, 15) is 19.2 Å². The number of nitrogens with one attached hydrogen (secondary N) is 1. The molecule has 7 nitrogen and oxygen atoms in total. The Morgan fingerprint density at radius 2 is 2.04 bits per heavy atom. The number of fused-ring (bicyclic) bond motifs is 1. The number of imide groups is 1. The van der Waals surface area contributed by atoms with Crippen LogP contribution in [0.5, 0.6) is 5.75 Å². The zero-order chi connectivity index (χ0) is 16.7. The minimum absolute atomic E-state index is 0.0184. The van der Waals surface area contributed by atoms with Crippen LogP contribution in [-0.4, -0.2) is 34.6 Å². The van der Waals surface area contributed by atoms with Crippen LogP contribution in [0.2, 0.25) is 0 Å². The van der Waals surface area contributed by atoms with Gasteiger partial charge in [-0.3, -0.25) is 24.1 Å². The molecule has 1 fully saturated rings. The Morgan fingerprint density at radius 1 is 1.30 bits per heavy atom. The fraction of sp³-hybridized carbons (Fsp3) is 0.250. The van der Waals surface area contributed by atoms with Crippen LogP contribution < -0.4 is 10.1 Å². The number of amides is 3. The van der Waals surface area contributed by atoms with Crippen molar-refractivity contribution in [3.63, 3.8) is 0 Å². The summed E-state index contributed by atoms with van der Waals surface area (Å²) >= 11 is 0. The number of benzene rings is 1. The van der Waals surface area contributed by atoms with Gasteiger partial charge in [0.15, 0.2) is 0 Å². The van der Waals surface area contributed by atoms with E-state index in [-0.39, 0.29) is 16.9 Å². The quantitative estimate of drug-likeness (QED) is 0.499. The van der Waals surface area contributed by atoms with Gasteiger partial charge >= 0.3 is 5.97 Å². The van der Waals surface area contributed by atoms with E-state index in [2.05, 4.69) is 11.9 Å². The molecule has 3 amide bonds. The van der Waals surface area contributed by atoms with Crippen molar-refractivity contribution in [3.05, 3.63) is 41.6 Å². The van der Waals surface area contributed by atoms with Crippen molar-refractivity contribution in [2.45, 2.75) is 25.8 Å². The lowest BCUT2D eigenvalue weighted by atomic mass is 10.0.